The quantitative estimate of drug-likeness (QED) is 0.566. The molecule has 2 heterocycles. The van der Waals surface area contributed by atoms with Crippen LogP contribution in [0.1, 0.15) is 0 Å². The van der Waals surface area contributed by atoms with Crippen LogP contribution in [0, 0.1) is 5.82 Å². The summed E-state index contributed by atoms with van der Waals surface area (Å²) in [5.74, 6) is 0.469. The first-order chi connectivity index (χ1) is 15.4. The summed E-state index contributed by atoms with van der Waals surface area (Å²) < 4.78 is 40.8. The van der Waals surface area contributed by atoms with Crippen LogP contribution >= 0.6 is 11.6 Å². The summed E-state index contributed by atoms with van der Waals surface area (Å²) in [4.78, 5) is 13.4. The summed E-state index contributed by atoms with van der Waals surface area (Å²) in [5, 5.41) is 0.203. The predicted molar refractivity (Wildman–Crippen MR) is 123 cm³/mol. The number of hydrogen-bond donors (Lipinski definition) is 1. The van der Waals surface area contributed by atoms with Gasteiger partial charge in [0.15, 0.2) is 5.82 Å². The van der Waals surface area contributed by atoms with Gasteiger partial charge in [-0.15, -0.1) is 0 Å². The Morgan fingerprint density at radius 3 is 2.38 bits per heavy atom. The van der Waals surface area contributed by atoms with Gasteiger partial charge in [-0.25, -0.2) is 22.5 Å². The van der Waals surface area contributed by atoms with Crippen LogP contribution in [0.4, 0.5) is 10.2 Å². The maximum atomic E-state index is 13.3. The van der Waals surface area contributed by atoms with E-state index in [4.69, 9.17) is 11.6 Å². The molecule has 1 aliphatic rings. The summed E-state index contributed by atoms with van der Waals surface area (Å²) in [6, 6.07) is 12.6. The van der Waals surface area contributed by atoms with Crippen molar-refractivity contribution in [2.45, 2.75) is 4.90 Å². The van der Waals surface area contributed by atoms with Crippen LogP contribution in [-0.4, -0.2) is 62.6 Å². The van der Waals surface area contributed by atoms with E-state index in [9.17, 15) is 12.8 Å². The van der Waals surface area contributed by atoms with Crippen molar-refractivity contribution in [1.82, 2.24) is 19.6 Å². The third-order valence-corrected chi connectivity index (χ3v) is 7.28. The highest BCUT2D eigenvalue weighted by Gasteiger charge is 2.22. The second kappa shape index (κ2) is 9.91. The van der Waals surface area contributed by atoms with Crippen molar-refractivity contribution in [3.63, 3.8) is 0 Å². The summed E-state index contributed by atoms with van der Waals surface area (Å²) >= 11 is 6.01. The number of aromatic nitrogens is 2. The fraction of sp³-hybridized carbons (Fsp3) is 0.273. The van der Waals surface area contributed by atoms with E-state index in [1.165, 1.54) is 18.2 Å². The Kier molecular flexibility index (Phi) is 7.00. The lowest BCUT2D eigenvalue weighted by molar-refractivity contribution is 0.261. The molecule has 1 aliphatic heterocycles. The van der Waals surface area contributed by atoms with E-state index in [1.54, 1.807) is 42.7 Å². The number of nitrogens with one attached hydrogen (secondary N) is 1. The topological polar surface area (TPSA) is 78.4 Å². The highest BCUT2D eigenvalue weighted by atomic mass is 35.5. The van der Waals surface area contributed by atoms with Gasteiger partial charge in [0.25, 0.3) is 0 Å². The van der Waals surface area contributed by atoms with E-state index in [0.717, 1.165) is 37.6 Å². The average molecular weight is 476 g/mol. The molecule has 1 saturated heterocycles. The molecule has 1 fully saturated rings. The minimum atomic E-state index is -3.65. The molecular weight excluding hydrogens is 453 g/mol. The minimum Gasteiger partial charge on any atom is -0.352 e. The van der Waals surface area contributed by atoms with Gasteiger partial charge in [-0.3, -0.25) is 9.88 Å². The third-order valence-electron chi connectivity index (χ3n) is 5.31. The first kappa shape index (κ1) is 22.6. The maximum absolute atomic E-state index is 13.3. The molecule has 32 heavy (non-hydrogen) atoms. The summed E-state index contributed by atoms with van der Waals surface area (Å²) in [6.45, 7) is 3.84. The first-order valence-corrected chi connectivity index (χ1v) is 12.1. The molecule has 0 spiro atoms. The van der Waals surface area contributed by atoms with E-state index >= 15 is 0 Å². The van der Waals surface area contributed by atoms with Crippen molar-refractivity contribution >= 4 is 27.4 Å². The van der Waals surface area contributed by atoms with Crippen molar-refractivity contribution in [2.75, 3.05) is 44.2 Å². The average Bonchev–Trinajstić information content (AvgIpc) is 2.80. The zero-order chi connectivity index (χ0) is 22.6. The minimum absolute atomic E-state index is 0.0856. The zero-order valence-corrected chi connectivity index (χ0v) is 18.9. The normalized spacial score (nSPS) is 15.1. The standard InChI is InChI=1S/C22H23ClFN5O2S/c23-19-3-1-2-4-20(19)32(30,31)27-11-12-28-13-15-29(16-14-28)22-21(25-9-10-26-22)17-5-7-18(24)8-6-17/h1-10,27H,11-16H2. The third kappa shape index (κ3) is 5.24. The summed E-state index contributed by atoms with van der Waals surface area (Å²) in [6.07, 6.45) is 3.28. The number of hydrogen-bond acceptors (Lipinski definition) is 6. The zero-order valence-electron chi connectivity index (χ0n) is 17.3. The number of sulfonamides is 1. The number of rotatable bonds is 7. The van der Waals surface area contributed by atoms with Gasteiger partial charge >= 0.3 is 0 Å². The molecule has 0 radical (unpaired) electrons. The number of halogens is 2. The van der Waals surface area contributed by atoms with Crippen LogP contribution in [-0.2, 0) is 10.0 Å². The van der Waals surface area contributed by atoms with Crippen molar-refractivity contribution in [3.05, 3.63) is 71.8 Å². The van der Waals surface area contributed by atoms with Crippen molar-refractivity contribution in [2.24, 2.45) is 0 Å². The van der Waals surface area contributed by atoms with Gasteiger partial charge in [-0.1, -0.05) is 23.7 Å². The molecule has 0 saturated carbocycles. The fourth-order valence-corrected chi connectivity index (χ4v) is 5.17. The van der Waals surface area contributed by atoms with Crippen LogP contribution in [0.5, 0.6) is 0 Å². The number of benzene rings is 2. The van der Waals surface area contributed by atoms with Gasteiger partial charge in [-0.2, -0.15) is 0 Å². The van der Waals surface area contributed by atoms with Gasteiger partial charge in [0, 0.05) is 57.2 Å². The molecule has 4 rings (SSSR count). The molecule has 0 atom stereocenters. The van der Waals surface area contributed by atoms with Gasteiger partial charge in [0.2, 0.25) is 10.0 Å². The second-order valence-electron chi connectivity index (χ2n) is 7.39. The number of piperazine rings is 1. The van der Waals surface area contributed by atoms with E-state index < -0.39 is 10.0 Å². The van der Waals surface area contributed by atoms with Gasteiger partial charge in [-0.05, 0) is 36.4 Å². The van der Waals surface area contributed by atoms with Crippen LogP contribution in [0.3, 0.4) is 0 Å². The monoisotopic (exact) mass is 475 g/mol. The first-order valence-electron chi connectivity index (χ1n) is 10.2. The fourth-order valence-electron chi connectivity index (χ4n) is 3.64. The predicted octanol–water partition coefficient (Wildman–Crippen LogP) is 3.04. The Balaban J connectivity index is 1.34. The van der Waals surface area contributed by atoms with Crippen molar-refractivity contribution in [3.8, 4) is 11.3 Å². The molecule has 168 valence electrons. The largest absolute Gasteiger partial charge is 0.352 e. The molecule has 2 aromatic carbocycles. The smallest absolute Gasteiger partial charge is 0.242 e. The Labute approximate surface area is 191 Å². The van der Waals surface area contributed by atoms with Gasteiger partial charge in [0.1, 0.15) is 16.4 Å². The molecule has 7 nitrogen and oxygen atoms in total. The summed E-state index contributed by atoms with van der Waals surface area (Å²) in [5.41, 5.74) is 1.53. The van der Waals surface area contributed by atoms with Crippen LogP contribution in [0.25, 0.3) is 11.3 Å². The van der Waals surface area contributed by atoms with Gasteiger partial charge in [0.05, 0.1) is 5.02 Å². The van der Waals surface area contributed by atoms with Crippen LogP contribution < -0.4 is 9.62 Å². The lowest BCUT2D eigenvalue weighted by Gasteiger charge is -2.35. The maximum Gasteiger partial charge on any atom is 0.242 e. The molecule has 0 unspecified atom stereocenters. The Morgan fingerprint density at radius 2 is 1.66 bits per heavy atom. The molecule has 1 aromatic heterocycles. The highest BCUT2D eigenvalue weighted by Crippen LogP contribution is 2.27. The van der Waals surface area contributed by atoms with Crippen LogP contribution in [0.2, 0.25) is 5.02 Å². The van der Waals surface area contributed by atoms with Crippen molar-refractivity contribution in [1.29, 1.82) is 0 Å². The van der Waals surface area contributed by atoms with Crippen molar-refractivity contribution < 1.29 is 12.8 Å². The Bertz CT molecular complexity index is 1170. The lowest BCUT2D eigenvalue weighted by Crippen LogP contribution is -2.48. The van der Waals surface area contributed by atoms with E-state index in [-0.39, 0.29) is 15.7 Å². The highest BCUT2D eigenvalue weighted by molar-refractivity contribution is 7.89. The lowest BCUT2D eigenvalue weighted by atomic mass is 10.1. The summed E-state index contributed by atoms with van der Waals surface area (Å²) in [7, 11) is -3.65. The van der Waals surface area contributed by atoms with E-state index in [0.29, 0.717) is 18.8 Å². The number of nitrogens with zero attached hydrogens (tertiary/aromatic N) is 4. The Morgan fingerprint density at radius 1 is 0.969 bits per heavy atom. The molecule has 0 amide bonds. The van der Waals surface area contributed by atoms with E-state index in [2.05, 4.69) is 24.5 Å². The SMILES string of the molecule is O=S(=O)(NCCN1CCN(c2nccnc2-c2ccc(F)cc2)CC1)c1ccccc1Cl. The molecule has 1 N–H and O–H groups in total. The number of anilines is 1. The molecule has 3 aromatic rings. The molecule has 0 aliphatic carbocycles. The Hall–Kier alpha value is -2.59. The molecular formula is C22H23ClFN5O2S. The second-order valence-corrected chi connectivity index (χ2v) is 9.53. The van der Waals surface area contributed by atoms with Gasteiger partial charge < -0.3 is 4.90 Å². The van der Waals surface area contributed by atoms with Crippen LogP contribution in [0.15, 0.2) is 65.8 Å². The molecule has 0 bridgehead atoms. The van der Waals surface area contributed by atoms with E-state index in [1.807, 2.05) is 0 Å². The molecule has 10 heteroatoms.